The SMILES string of the molecule is COc1cc2c(cc1OC)[C@@H](O[Si](C)(C)C(C)(C)C)[C@H](CO[Si](C)(C)C(C)(C)C)N1c3ccccc3CC21. The van der Waals surface area contributed by atoms with Gasteiger partial charge in [-0.3, -0.25) is 0 Å². The fourth-order valence-corrected chi connectivity index (χ4v) is 7.49. The van der Waals surface area contributed by atoms with E-state index in [9.17, 15) is 0 Å². The largest absolute Gasteiger partial charge is 0.493 e. The summed E-state index contributed by atoms with van der Waals surface area (Å²) in [5.41, 5.74) is 5.16. The fourth-order valence-electron chi connectivity index (χ4n) is 5.19. The van der Waals surface area contributed by atoms with Crippen molar-refractivity contribution < 1.29 is 18.3 Å². The van der Waals surface area contributed by atoms with Gasteiger partial charge in [0.1, 0.15) is 0 Å². The number of hydrogen-bond donors (Lipinski definition) is 0. The Hall–Kier alpha value is -1.81. The molecule has 0 aromatic heterocycles. The second kappa shape index (κ2) is 9.99. The second-order valence-electron chi connectivity index (χ2n) is 14.0. The molecule has 0 fully saturated rings. The number of methoxy groups -OCH3 is 2. The van der Waals surface area contributed by atoms with Crippen LogP contribution in [0.5, 0.6) is 11.5 Å². The van der Waals surface area contributed by atoms with Crippen molar-refractivity contribution in [2.24, 2.45) is 0 Å². The van der Waals surface area contributed by atoms with Crippen molar-refractivity contribution in [3.63, 3.8) is 0 Å². The van der Waals surface area contributed by atoms with Gasteiger partial charge in [0.05, 0.1) is 39.0 Å². The summed E-state index contributed by atoms with van der Waals surface area (Å²) < 4.78 is 25.9. The van der Waals surface area contributed by atoms with Crippen molar-refractivity contribution in [3.05, 3.63) is 53.1 Å². The summed E-state index contributed by atoms with van der Waals surface area (Å²) in [5.74, 6) is 1.52. The molecule has 4 rings (SSSR count). The van der Waals surface area contributed by atoms with Crippen LogP contribution in [0, 0.1) is 0 Å². The van der Waals surface area contributed by atoms with Crippen LogP contribution in [0.1, 0.15) is 70.4 Å². The van der Waals surface area contributed by atoms with Crippen molar-refractivity contribution in [1.29, 1.82) is 0 Å². The van der Waals surface area contributed by atoms with E-state index < -0.39 is 16.6 Å². The molecular formula is C31H49NO4Si2. The second-order valence-corrected chi connectivity index (χ2v) is 23.6. The van der Waals surface area contributed by atoms with Crippen molar-refractivity contribution in [3.8, 4) is 11.5 Å². The molecule has 2 aliphatic rings. The maximum absolute atomic E-state index is 7.37. The lowest BCUT2D eigenvalue weighted by Crippen LogP contribution is -2.54. The molecule has 5 nitrogen and oxygen atoms in total. The van der Waals surface area contributed by atoms with Gasteiger partial charge in [0.2, 0.25) is 0 Å². The average molecular weight is 556 g/mol. The molecule has 2 aliphatic heterocycles. The molecule has 7 heteroatoms. The Kier molecular flexibility index (Phi) is 7.67. The number of fused-ring (bicyclic) bond motifs is 5. The highest BCUT2D eigenvalue weighted by Crippen LogP contribution is 2.54. The summed E-state index contributed by atoms with van der Waals surface area (Å²) in [5, 5.41) is 0.211. The highest BCUT2D eigenvalue weighted by Gasteiger charge is 2.50. The van der Waals surface area contributed by atoms with E-state index in [4.69, 9.17) is 18.3 Å². The highest BCUT2D eigenvalue weighted by molar-refractivity contribution is 6.74. The molecule has 0 saturated heterocycles. The summed E-state index contributed by atoms with van der Waals surface area (Å²) in [6, 6.07) is 13.5. The Morgan fingerprint density at radius 1 is 0.816 bits per heavy atom. The lowest BCUT2D eigenvalue weighted by Gasteiger charge is -2.50. The third kappa shape index (κ3) is 5.07. The molecule has 0 spiro atoms. The summed E-state index contributed by atoms with van der Waals surface area (Å²) >= 11 is 0. The molecule has 1 unspecified atom stereocenters. The maximum Gasteiger partial charge on any atom is 0.193 e. The monoisotopic (exact) mass is 555 g/mol. The molecule has 210 valence electrons. The molecule has 3 atom stereocenters. The van der Waals surface area contributed by atoms with E-state index >= 15 is 0 Å². The van der Waals surface area contributed by atoms with Crippen LogP contribution in [-0.4, -0.2) is 43.5 Å². The minimum Gasteiger partial charge on any atom is -0.493 e. The zero-order valence-electron chi connectivity index (χ0n) is 25.7. The maximum atomic E-state index is 7.37. The Morgan fingerprint density at radius 2 is 1.37 bits per heavy atom. The lowest BCUT2D eigenvalue weighted by atomic mass is 9.85. The number of anilines is 1. The van der Waals surface area contributed by atoms with Crippen molar-refractivity contribution in [1.82, 2.24) is 0 Å². The van der Waals surface area contributed by atoms with Crippen LogP contribution in [0.3, 0.4) is 0 Å². The van der Waals surface area contributed by atoms with Gasteiger partial charge in [-0.25, -0.2) is 0 Å². The molecule has 2 heterocycles. The first kappa shape index (κ1) is 29.2. The van der Waals surface area contributed by atoms with Crippen molar-refractivity contribution in [2.75, 3.05) is 25.7 Å². The van der Waals surface area contributed by atoms with Gasteiger partial charge in [-0.05, 0) is 77.6 Å². The molecule has 0 radical (unpaired) electrons. The van der Waals surface area contributed by atoms with Gasteiger partial charge in [-0.15, -0.1) is 0 Å². The molecule has 2 aromatic carbocycles. The molecule has 0 amide bonds. The first-order valence-electron chi connectivity index (χ1n) is 14.0. The summed E-state index contributed by atoms with van der Waals surface area (Å²) in [4.78, 5) is 2.61. The number of hydrogen-bond acceptors (Lipinski definition) is 5. The minimum absolute atomic E-state index is 0.0532. The third-order valence-electron chi connectivity index (χ3n) is 9.63. The third-order valence-corrected chi connectivity index (χ3v) is 18.6. The minimum atomic E-state index is -2.14. The zero-order valence-corrected chi connectivity index (χ0v) is 27.7. The highest BCUT2D eigenvalue weighted by atomic mass is 28.4. The van der Waals surface area contributed by atoms with Crippen LogP contribution in [0.4, 0.5) is 5.69 Å². The molecule has 38 heavy (non-hydrogen) atoms. The molecule has 0 bridgehead atoms. The van der Waals surface area contributed by atoms with Gasteiger partial charge >= 0.3 is 0 Å². The van der Waals surface area contributed by atoms with Gasteiger partial charge < -0.3 is 23.2 Å². The van der Waals surface area contributed by atoms with Crippen LogP contribution < -0.4 is 14.4 Å². The van der Waals surface area contributed by atoms with Crippen LogP contribution in [0.2, 0.25) is 36.3 Å². The molecule has 2 aromatic rings. The van der Waals surface area contributed by atoms with Gasteiger partial charge in [0.15, 0.2) is 28.1 Å². The molecule has 0 saturated carbocycles. The van der Waals surface area contributed by atoms with E-state index in [-0.39, 0.29) is 28.3 Å². The normalized spacial score (nSPS) is 21.6. The smallest absolute Gasteiger partial charge is 0.193 e. The predicted molar refractivity (Wildman–Crippen MR) is 163 cm³/mol. The number of para-hydroxylation sites is 1. The van der Waals surface area contributed by atoms with E-state index in [1.54, 1.807) is 14.2 Å². The van der Waals surface area contributed by atoms with E-state index in [1.165, 1.54) is 22.4 Å². The lowest BCUT2D eigenvalue weighted by molar-refractivity contribution is 0.102. The number of nitrogens with zero attached hydrogens (tertiary/aromatic N) is 1. The number of ether oxygens (including phenoxy) is 2. The van der Waals surface area contributed by atoms with E-state index in [0.29, 0.717) is 6.61 Å². The number of rotatable bonds is 7. The zero-order chi connectivity index (χ0) is 28.3. The Labute approximate surface area is 233 Å². The van der Waals surface area contributed by atoms with Gasteiger partial charge in [0.25, 0.3) is 0 Å². The summed E-state index contributed by atoms with van der Waals surface area (Å²) in [7, 11) is -0.700. The van der Waals surface area contributed by atoms with Crippen molar-refractivity contribution in [2.45, 2.75) is 102 Å². The van der Waals surface area contributed by atoms with Crippen LogP contribution in [-0.2, 0) is 15.3 Å². The van der Waals surface area contributed by atoms with E-state index in [1.807, 2.05) is 0 Å². The van der Waals surface area contributed by atoms with Crippen molar-refractivity contribution >= 4 is 22.3 Å². The Morgan fingerprint density at radius 3 is 1.92 bits per heavy atom. The van der Waals surface area contributed by atoms with Gasteiger partial charge in [-0.1, -0.05) is 59.7 Å². The number of benzene rings is 2. The molecule has 0 N–H and O–H groups in total. The summed E-state index contributed by atoms with van der Waals surface area (Å²) in [6.07, 6.45) is 0.820. The average Bonchev–Trinajstić information content (AvgIpc) is 3.21. The van der Waals surface area contributed by atoms with Gasteiger partial charge in [-0.2, -0.15) is 0 Å². The van der Waals surface area contributed by atoms with Crippen LogP contribution in [0.25, 0.3) is 0 Å². The molecule has 0 aliphatic carbocycles. The summed E-state index contributed by atoms with van der Waals surface area (Å²) in [6.45, 7) is 23.9. The first-order valence-corrected chi connectivity index (χ1v) is 19.8. The fraction of sp³-hybridized carbons (Fsp3) is 0.613. The first-order chi connectivity index (χ1) is 17.5. The van der Waals surface area contributed by atoms with E-state index in [0.717, 1.165) is 17.9 Å². The van der Waals surface area contributed by atoms with Crippen LogP contribution in [0.15, 0.2) is 36.4 Å². The Bertz CT molecular complexity index is 1170. The van der Waals surface area contributed by atoms with E-state index in [2.05, 4.69) is 109 Å². The van der Waals surface area contributed by atoms with Gasteiger partial charge in [0, 0.05) is 5.69 Å². The topological polar surface area (TPSA) is 40.2 Å². The predicted octanol–water partition coefficient (Wildman–Crippen LogP) is 8.27. The molecular weight excluding hydrogens is 507 g/mol. The van der Waals surface area contributed by atoms with Crippen LogP contribution >= 0.6 is 0 Å². The Balaban J connectivity index is 1.91. The standard InChI is InChI=1S/C31H49NO4Si2/c1-30(2,3)37(9,10)35-20-26-29(36-38(11,12)31(4,5)6)23-19-28(34-8)27(33-7)18-22(23)25-17-21-15-13-14-16-24(21)32(25)26/h13-16,18-19,25-26,29H,17,20H2,1-12H3/t25?,26-,29+/m0/s1. The quantitative estimate of drug-likeness (QED) is 0.322.